The van der Waals surface area contributed by atoms with Gasteiger partial charge < -0.3 is 9.84 Å². The molecule has 1 N–H and O–H groups in total. The number of hydrogen-bond donors (Lipinski definition) is 1. The van der Waals surface area contributed by atoms with Crippen molar-refractivity contribution in [1.29, 1.82) is 0 Å². The van der Waals surface area contributed by atoms with Gasteiger partial charge in [-0.15, -0.1) is 0 Å². The highest BCUT2D eigenvalue weighted by Crippen LogP contribution is 1.98. The van der Waals surface area contributed by atoms with E-state index in [9.17, 15) is 0 Å². The summed E-state index contributed by atoms with van der Waals surface area (Å²) in [7, 11) is 1.00. The molecule has 2 heteroatoms. The summed E-state index contributed by atoms with van der Waals surface area (Å²) in [6.45, 7) is 4.08. The highest BCUT2D eigenvalue weighted by atomic mass is 16.5. The molecule has 0 bridgehead atoms. The summed E-state index contributed by atoms with van der Waals surface area (Å²) in [5.74, 6) is 0. The molecular formula is C12H20O2. The first-order chi connectivity index (χ1) is 6.89. The Labute approximate surface area is 86.5 Å². The van der Waals surface area contributed by atoms with Crippen molar-refractivity contribution in [3.63, 3.8) is 0 Å². The molecule has 80 valence electrons. The molecule has 0 radical (unpaired) electrons. The topological polar surface area (TPSA) is 29.5 Å². The van der Waals surface area contributed by atoms with Crippen LogP contribution in [0, 0.1) is 6.92 Å². The Kier molecular flexibility index (Phi) is 9.59. The van der Waals surface area contributed by atoms with E-state index in [1.807, 2.05) is 18.2 Å². The molecule has 1 aromatic rings. The number of aliphatic hydroxyl groups is 1. The first-order valence-electron chi connectivity index (χ1n) is 4.94. The summed E-state index contributed by atoms with van der Waals surface area (Å²) >= 11 is 0. The zero-order valence-electron chi connectivity index (χ0n) is 9.07. The van der Waals surface area contributed by atoms with Crippen LogP contribution in [-0.2, 0) is 4.74 Å². The minimum atomic E-state index is 1.00. The molecular weight excluding hydrogens is 176 g/mol. The zero-order chi connectivity index (χ0) is 10.6. The average molecular weight is 196 g/mol. The Morgan fingerprint density at radius 2 is 1.50 bits per heavy atom. The van der Waals surface area contributed by atoms with Gasteiger partial charge in [0.05, 0.1) is 0 Å². The van der Waals surface area contributed by atoms with Crippen molar-refractivity contribution in [2.45, 2.75) is 19.8 Å². The third kappa shape index (κ3) is 7.77. The van der Waals surface area contributed by atoms with E-state index in [1.54, 1.807) is 0 Å². The molecule has 14 heavy (non-hydrogen) atoms. The van der Waals surface area contributed by atoms with Crippen molar-refractivity contribution in [1.82, 2.24) is 0 Å². The van der Waals surface area contributed by atoms with Crippen LogP contribution >= 0.6 is 0 Å². The molecule has 0 aliphatic carbocycles. The summed E-state index contributed by atoms with van der Waals surface area (Å²) in [5, 5.41) is 7.00. The lowest BCUT2D eigenvalue weighted by Crippen LogP contribution is -1.74. The molecule has 1 aliphatic rings. The van der Waals surface area contributed by atoms with Gasteiger partial charge in [0, 0.05) is 20.3 Å². The summed E-state index contributed by atoms with van der Waals surface area (Å²) < 4.78 is 4.94. The average Bonchev–Trinajstić information content (AvgIpc) is 2.80. The molecule has 1 aliphatic heterocycles. The molecule has 0 saturated carbocycles. The summed E-state index contributed by atoms with van der Waals surface area (Å²) in [6, 6.07) is 10.3. The monoisotopic (exact) mass is 196 g/mol. The number of ether oxygens (including phenoxy) is 1. The van der Waals surface area contributed by atoms with Gasteiger partial charge in [-0.25, -0.2) is 0 Å². The zero-order valence-corrected chi connectivity index (χ0v) is 9.07. The van der Waals surface area contributed by atoms with Crippen molar-refractivity contribution in [2.75, 3.05) is 20.3 Å². The summed E-state index contributed by atoms with van der Waals surface area (Å²) in [6.07, 6.45) is 2.56. The van der Waals surface area contributed by atoms with Crippen LogP contribution in [0.3, 0.4) is 0 Å². The minimum absolute atomic E-state index is 1.00. The Morgan fingerprint density at radius 1 is 1.00 bits per heavy atom. The molecule has 0 atom stereocenters. The van der Waals surface area contributed by atoms with Crippen molar-refractivity contribution < 1.29 is 9.84 Å². The number of hydrogen-bond acceptors (Lipinski definition) is 2. The first-order valence-corrected chi connectivity index (χ1v) is 4.94. The molecule has 0 aromatic heterocycles. The maximum atomic E-state index is 7.00. The lowest BCUT2D eigenvalue weighted by molar-refractivity contribution is 0.198. The van der Waals surface area contributed by atoms with Crippen LogP contribution < -0.4 is 0 Å². The second-order valence-corrected chi connectivity index (χ2v) is 2.97. The fraction of sp³-hybridized carbons (Fsp3) is 0.500. The minimum Gasteiger partial charge on any atom is -0.400 e. The first kappa shape index (κ1) is 13.1. The van der Waals surface area contributed by atoms with E-state index in [-0.39, 0.29) is 0 Å². The van der Waals surface area contributed by atoms with Gasteiger partial charge in [0.2, 0.25) is 0 Å². The smallest absolute Gasteiger partial charge is 0.0466 e. The normalized spacial score (nSPS) is 13.4. The Bertz CT molecular complexity index is 185. The van der Waals surface area contributed by atoms with Gasteiger partial charge >= 0.3 is 0 Å². The van der Waals surface area contributed by atoms with Crippen LogP contribution in [0.1, 0.15) is 18.4 Å². The fourth-order valence-corrected chi connectivity index (χ4v) is 1.04. The van der Waals surface area contributed by atoms with E-state index in [2.05, 4.69) is 19.1 Å². The van der Waals surface area contributed by atoms with E-state index < -0.39 is 0 Å². The van der Waals surface area contributed by atoms with E-state index in [1.165, 1.54) is 18.4 Å². The second-order valence-electron chi connectivity index (χ2n) is 2.97. The third-order valence-electron chi connectivity index (χ3n) is 1.77. The predicted octanol–water partition coefficient (Wildman–Crippen LogP) is 2.40. The molecule has 0 amide bonds. The fourth-order valence-electron chi connectivity index (χ4n) is 1.04. The molecule has 1 heterocycles. The number of aliphatic hydroxyl groups excluding tert-OH is 1. The summed E-state index contributed by atoms with van der Waals surface area (Å²) in [5.41, 5.74) is 1.32. The van der Waals surface area contributed by atoms with Crippen LogP contribution in [-0.4, -0.2) is 25.4 Å². The van der Waals surface area contributed by atoms with Crippen LogP contribution in [0.4, 0.5) is 0 Å². The lowest BCUT2D eigenvalue weighted by atomic mass is 10.2. The van der Waals surface area contributed by atoms with E-state index in [4.69, 9.17) is 9.84 Å². The highest BCUT2D eigenvalue weighted by Gasteiger charge is 1.94. The maximum absolute atomic E-state index is 7.00. The van der Waals surface area contributed by atoms with E-state index >= 15 is 0 Å². The molecule has 0 unspecified atom stereocenters. The van der Waals surface area contributed by atoms with Crippen molar-refractivity contribution >= 4 is 0 Å². The Balaban J connectivity index is 0.000000213. The van der Waals surface area contributed by atoms with Gasteiger partial charge in [0.15, 0.2) is 0 Å². The molecule has 1 saturated heterocycles. The Morgan fingerprint density at radius 3 is 1.71 bits per heavy atom. The van der Waals surface area contributed by atoms with Crippen molar-refractivity contribution in [3.8, 4) is 0 Å². The Hall–Kier alpha value is -0.860. The van der Waals surface area contributed by atoms with E-state index in [0.717, 1.165) is 20.3 Å². The van der Waals surface area contributed by atoms with Gasteiger partial charge in [-0.1, -0.05) is 35.9 Å². The van der Waals surface area contributed by atoms with Crippen LogP contribution in [0.25, 0.3) is 0 Å². The van der Waals surface area contributed by atoms with E-state index in [0.29, 0.717) is 0 Å². The third-order valence-corrected chi connectivity index (χ3v) is 1.77. The molecule has 0 spiro atoms. The van der Waals surface area contributed by atoms with Crippen molar-refractivity contribution in [2.24, 2.45) is 0 Å². The van der Waals surface area contributed by atoms with Crippen LogP contribution in [0.5, 0.6) is 0 Å². The molecule has 1 fully saturated rings. The van der Waals surface area contributed by atoms with Crippen LogP contribution in [0.2, 0.25) is 0 Å². The van der Waals surface area contributed by atoms with Gasteiger partial charge in [0.1, 0.15) is 0 Å². The summed E-state index contributed by atoms with van der Waals surface area (Å²) in [4.78, 5) is 0. The number of aryl methyl sites for hydroxylation is 1. The van der Waals surface area contributed by atoms with Crippen molar-refractivity contribution in [3.05, 3.63) is 35.9 Å². The predicted molar refractivity (Wildman–Crippen MR) is 59.4 cm³/mol. The largest absolute Gasteiger partial charge is 0.400 e. The second kappa shape index (κ2) is 10.2. The maximum Gasteiger partial charge on any atom is 0.0466 e. The number of benzene rings is 1. The highest BCUT2D eigenvalue weighted by molar-refractivity contribution is 5.11. The van der Waals surface area contributed by atoms with Gasteiger partial charge in [0.25, 0.3) is 0 Å². The molecule has 2 nitrogen and oxygen atoms in total. The van der Waals surface area contributed by atoms with Gasteiger partial charge in [-0.2, -0.15) is 0 Å². The van der Waals surface area contributed by atoms with Gasteiger partial charge in [-0.05, 0) is 19.8 Å². The van der Waals surface area contributed by atoms with Gasteiger partial charge in [-0.3, -0.25) is 0 Å². The quantitative estimate of drug-likeness (QED) is 0.690. The standard InChI is InChI=1S/C7H8.C4H8O.CH4O/c1-7-5-3-2-4-6-7;1-2-4-5-3-1;1-2/h2-6H,1H3;1-4H2;2H,1H3. The SMILES string of the molecule is C1CCOC1.CO.Cc1ccccc1. The van der Waals surface area contributed by atoms with Crippen LogP contribution in [0.15, 0.2) is 30.3 Å². The lowest BCUT2D eigenvalue weighted by Gasteiger charge is -1.82. The molecule has 1 aromatic carbocycles. The molecule has 2 rings (SSSR count). The number of rotatable bonds is 0.